The molecular weight excluding hydrogens is 476 g/mol. The lowest BCUT2D eigenvalue weighted by Crippen LogP contribution is -2.27. The Hall–Kier alpha value is -3.08. The van der Waals surface area contributed by atoms with Crippen molar-refractivity contribution in [3.63, 3.8) is 0 Å². The lowest BCUT2D eigenvalue weighted by atomic mass is 10.1. The highest BCUT2D eigenvalue weighted by Gasteiger charge is 2.29. The van der Waals surface area contributed by atoms with Gasteiger partial charge in [-0.2, -0.15) is 0 Å². The van der Waals surface area contributed by atoms with E-state index in [0.717, 1.165) is 61.8 Å². The van der Waals surface area contributed by atoms with Crippen LogP contribution in [-0.4, -0.2) is 62.5 Å². The maximum atomic E-state index is 11.0. The molecule has 36 heavy (non-hydrogen) atoms. The minimum absolute atomic E-state index is 0.264. The molecule has 0 radical (unpaired) electrons. The van der Waals surface area contributed by atoms with Crippen molar-refractivity contribution >= 4 is 30.0 Å². The summed E-state index contributed by atoms with van der Waals surface area (Å²) in [4.78, 5) is 29.5. The topological polar surface area (TPSA) is 95.6 Å². The number of rotatable bonds is 7. The summed E-state index contributed by atoms with van der Waals surface area (Å²) in [7, 11) is 3.82. The van der Waals surface area contributed by atoms with E-state index >= 15 is 0 Å². The van der Waals surface area contributed by atoms with Gasteiger partial charge in [-0.15, -0.1) is 0 Å². The summed E-state index contributed by atoms with van der Waals surface area (Å²) in [6.07, 6.45) is 5.50. The summed E-state index contributed by atoms with van der Waals surface area (Å²) < 4.78 is 6.60. The van der Waals surface area contributed by atoms with Crippen LogP contribution in [0.25, 0.3) is 0 Å². The number of fused-ring (bicyclic) bond motifs is 1. The Morgan fingerprint density at radius 1 is 1.28 bits per heavy atom. The second kappa shape index (κ2) is 11.8. The molecule has 0 spiro atoms. The number of pyridine rings is 1. The first-order valence-electron chi connectivity index (χ1n) is 12.2. The number of carbonyl (C=O) groups excluding carboxylic acids is 1. The summed E-state index contributed by atoms with van der Waals surface area (Å²) in [5, 5.41) is 12.1. The molecule has 2 N–H and O–H groups in total. The fourth-order valence-electron chi connectivity index (χ4n) is 4.60. The van der Waals surface area contributed by atoms with Gasteiger partial charge in [0.1, 0.15) is 5.82 Å². The number of nitrogens with one attached hydrogen (secondary N) is 1. The number of carbonyl (C=O) groups is 2. The molecule has 0 amide bonds. The SMILES string of the molecule is CNCc1cccnc1N1CCC(C(=O)O)C1.Cc1c(SN2CCn3cccc3C2)cc(C=O)n1C. The van der Waals surface area contributed by atoms with E-state index in [4.69, 9.17) is 5.11 Å². The van der Waals surface area contributed by atoms with E-state index in [9.17, 15) is 9.59 Å². The first-order valence-corrected chi connectivity index (χ1v) is 12.9. The smallest absolute Gasteiger partial charge is 0.308 e. The van der Waals surface area contributed by atoms with E-state index in [1.165, 1.54) is 10.6 Å². The molecule has 0 aliphatic carbocycles. The molecule has 192 valence electrons. The second-order valence-electron chi connectivity index (χ2n) is 9.13. The van der Waals surface area contributed by atoms with Gasteiger partial charge in [0.25, 0.3) is 0 Å². The number of anilines is 1. The van der Waals surface area contributed by atoms with Gasteiger partial charge in [0.2, 0.25) is 0 Å². The molecule has 0 aromatic carbocycles. The molecule has 5 rings (SSSR count). The lowest BCUT2D eigenvalue weighted by Gasteiger charge is -2.27. The summed E-state index contributed by atoms with van der Waals surface area (Å²) in [5.41, 5.74) is 4.34. The molecule has 1 unspecified atom stereocenters. The van der Waals surface area contributed by atoms with Gasteiger partial charge in [0, 0.05) is 80.6 Å². The highest BCUT2D eigenvalue weighted by Crippen LogP contribution is 2.31. The van der Waals surface area contributed by atoms with Crippen LogP contribution in [0.2, 0.25) is 0 Å². The number of carboxylic acids is 1. The van der Waals surface area contributed by atoms with Gasteiger partial charge < -0.3 is 24.5 Å². The number of nitrogens with zero attached hydrogens (tertiary/aromatic N) is 5. The van der Waals surface area contributed by atoms with Crippen molar-refractivity contribution in [3.8, 4) is 0 Å². The van der Waals surface area contributed by atoms with E-state index in [1.807, 2.05) is 36.9 Å². The molecule has 0 saturated carbocycles. The Balaban J connectivity index is 0.000000170. The zero-order valence-electron chi connectivity index (χ0n) is 21.1. The van der Waals surface area contributed by atoms with Crippen LogP contribution in [0.4, 0.5) is 5.82 Å². The van der Waals surface area contributed by atoms with Gasteiger partial charge in [-0.05, 0) is 56.6 Å². The zero-order chi connectivity index (χ0) is 25.7. The first kappa shape index (κ1) is 26.0. The molecule has 9 nitrogen and oxygen atoms in total. The van der Waals surface area contributed by atoms with Crippen LogP contribution in [0.1, 0.15) is 33.9 Å². The molecule has 2 aliphatic rings. The third-order valence-corrected chi connectivity index (χ3v) is 7.98. The minimum Gasteiger partial charge on any atom is -0.481 e. The average molecular weight is 511 g/mol. The van der Waals surface area contributed by atoms with Gasteiger partial charge in [0.05, 0.1) is 11.6 Å². The second-order valence-corrected chi connectivity index (χ2v) is 10.3. The maximum absolute atomic E-state index is 11.0. The fraction of sp³-hybridized carbons (Fsp3) is 0.423. The lowest BCUT2D eigenvalue weighted by molar-refractivity contribution is -0.140. The standard InChI is InChI=1S/C14H17N3OS.C12H17N3O2/c1-11-14(8-13(10-18)15(11)2)19-17-7-6-16-5-3-4-12(16)9-17;1-13-7-9-3-2-5-14-11(9)15-6-4-10(8-15)12(16)17/h3-5,8,10H,6-7,9H2,1-2H3;2-3,5,10,13H,4,6-8H2,1H3,(H,16,17). The molecule has 10 heteroatoms. The van der Waals surface area contributed by atoms with Crippen molar-refractivity contribution in [3.05, 3.63) is 65.4 Å². The van der Waals surface area contributed by atoms with Crippen molar-refractivity contribution in [1.29, 1.82) is 0 Å². The zero-order valence-corrected chi connectivity index (χ0v) is 21.9. The molecule has 1 atom stereocenters. The third-order valence-electron chi connectivity index (χ3n) is 6.80. The monoisotopic (exact) mass is 510 g/mol. The Morgan fingerprint density at radius 2 is 2.11 bits per heavy atom. The van der Waals surface area contributed by atoms with Crippen molar-refractivity contribution in [1.82, 2.24) is 23.7 Å². The van der Waals surface area contributed by atoms with Crippen LogP contribution in [0, 0.1) is 12.8 Å². The highest BCUT2D eigenvalue weighted by atomic mass is 32.2. The summed E-state index contributed by atoms with van der Waals surface area (Å²) in [5.74, 6) is -0.0661. The molecule has 0 bridgehead atoms. The van der Waals surface area contributed by atoms with Gasteiger partial charge in [0.15, 0.2) is 6.29 Å². The van der Waals surface area contributed by atoms with E-state index in [2.05, 4.69) is 49.3 Å². The third kappa shape index (κ3) is 5.83. The summed E-state index contributed by atoms with van der Waals surface area (Å²) in [6.45, 7) is 7.13. The van der Waals surface area contributed by atoms with Crippen LogP contribution >= 0.6 is 11.9 Å². The van der Waals surface area contributed by atoms with Crippen LogP contribution < -0.4 is 10.2 Å². The Bertz CT molecular complexity index is 1210. The average Bonchev–Trinajstić information content (AvgIpc) is 3.61. The Kier molecular flexibility index (Phi) is 8.50. The van der Waals surface area contributed by atoms with Crippen molar-refractivity contribution < 1.29 is 14.7 Å². The summed E-state index contributed by atoms with van der Waals surface area (Å²) >= 11 is 1.75. The van der Waals surface area contributed by atoms with Crippen LogP contribution in [0.3, 0.4) is 0 Å². The molecule has 3 aromatic rings. The van der Waals surface area contributed by atoms with Crippen LogP contribution in [0.15, 0.2) is 47.6 Å². The number of hydrogen-bond donors (Lipinski definition) is 2. The largest absolute Gasteiger partial charge is 0.481 e. The Morgan fingerprint density at radius 3 is 2.81 bits per heavy atom. The number of aldehydes is 1. The number of aromatic nitrogens is 3. The van der Waals surface area contributed by atoms with Crippen molar-refractivity contribution in [2.45, 2.75) is 37.9 Å². The molecule has 1 saturated heterocycles. The van der Waals surface area contributed by atoms with Crippen LogP contribution in [-0.2, 0) is 31.5 Å². The van der Waals surface area contributed by atoms with Crippen molar-refractivity contribution in [2.24, 2.45) is 13.0 Å². The van der Waals surface area contributed by atoms with Crippen molar-refractivity contribution in [2.75, 3.05) is 31.6 Å². The number of hydrogen-bond acceptors (Lipinski definition) is 7. The fourth-order valence-corrected chi connectivity index (χ4v) is 5.70. The molecule has 2 aliphatic heterocycles. The normalized spacial score (nSPS) is 17.4. The molecule has 1 fully saturated rings. The maximum Gasteiger partial charge on any atom is 0.308 e. The summed E-state index contributed by atoms with van der Waals surface area (Å²) in [6, 6.07) is 10.2. The van der Waals surface area contributed by atoms with E-state index in [-0.39, 0.29) is 5.92 Å². The quantitative estimate of drug-likeness (QED) is 0.370. The first-order chi connectivity index (χ1) is 17.4. The van der Waals surface area contributed by atoms with E-state index in [0.29, 0.717) is 13.0 Å². The van der Waals surface area contributed by atoms with E-state index in [1.54, 1.807) is 18.1 Å². The van der Waals surface area contributed by atoms with Gasteiger partial charge in [-0.1, -0.05) is 6.07 Å². The van der Waals surface area contributed by atoms with Gasteiger partial charge in [-0.25, -0.2) is 9.29 Å². The molecular formula is C26H34N6O3S. The molecule has 3 aromatic heterocycles. The Labute approximate surface area is 216 Å². The van der Waals surface area contributed by atoms with E-state index < -0.39 is 5.97 Å². The number of carboxylic acid groups (broad SMARTS) is 1. The minimum atomic E-state index is -0.710. The number of aliphatic carboxylic acids is 1. The predicted octanol–water partition coefficient (Wildman–Crippen LogP) is 3.18. The van der Waals surface area contributed by atoms with Gasteiger partial charge >= 0.3 is 5.97 Å². The van der Waals surface area contributed by atoms with Gasteiger partial charge in [-0.3, -0.25) is 9.59 Å². The highest BCUT2D eigenvalue weighted by molar-refractivity contribution is 7.97. The molecule has 5 heterocycles. The van der Waals surface area contributed by atoms with Crippen LogP contribution in [0.5, 0.6) is 0 Å². The predicted molar refractivity (Wildman–Crippen MR) is 141 cm³/mol.